The van der Waals surface area contributed by atoms with Crippen LogP contribution >= 0.6 is 0 Å². The lowest BCUT2D eigenvalue weighted by molar-refractivity contribution is 0.0601. The van der Waals surface area contributed by atoms with E-state index in [4.69, 9.17) is 10.5 Å². The average molecular weight is 282 g/mol. The highest BCUT2D eigenvalue weighted by Crippen LogP contribution is 2.25. The van der Waals surface area contributed by atoms with Gasteiger partial charge in [-0.15, -0.1) is 5.10 Å². The smallest absolute Gasteiger partial charge is 0.337 e. The van der Waals surface area contributed by atoms with Crippen LogP contribution in [0.5, 0.6) is 0 Å². The molecule has 0 atom stereocenters. The Morgan fingerprint density at radius 2 is 2.10 bits per heavy atom. The van der Waals surface area contributed by atoms with Gasteiger partial charge in [-0.2, -0.15) is 4.98 Å². The second-order valence-corrected chi connectivity index (χ2v) is 4.64. The summed E-state index contributed by atoms with van der Waals surface area (Å²) in [7, 11) is 1.37. The number of hydrogen-bond acceptors (Lipinski definition) is 5. The van der Waals surface area contributed by atoms with Crippen molar-refractivity contribution in [3.05, 3.63) is 47.7 Å². The first-order chi connectivity index (χ1) is 10.1. The number of carbonyl (C=O) groups excluding carboxylic acids is 1. The molecule has 0 saturated heterocycles. The van der Waals surface area contributed by atoms with E-state index in [-0.39, 0.29) is 11.9 Å². The number of fused-ring (bicyclic) bond motifs is 1. The molecule has 3 rings (SSSR count). The predicted octanol–water partition coefficient (Wildman–Crippen LogP) is 2.07. The maximum atomic E-state index is 11.6. The van der Waals surface area contributed by atoms with Gasteiger partial charge in [-0.05, 0) is 36.8 Å². The van der Waals surface area contributed by atoms with E-state index in [9.17, 15) is 4.79 Å². The number of ether oxygens (including phenoxy) is 1. The minimum atomic E-state index is -0.361. The molecule has 3 aromatic rings. The summed E-state index contributed by atoms with van der Waals surface area (Å²) in [5.74, 6) is -0.126. The maximum Gasteiger partial charge on any atom is 0.337 e. The highest BCUT2D eigenvalue weighted by molar-refractivity contribution is 5.91. The first-order valence-electron chi connectivity index (χ1n) is 6.41. The normalized spacial score (nSPS) is 10.8. The molecule has 2 aromatic heterocycles. The molecule has 0 spiro atoms. The zero-order chi connectivity index (χ0) is 15.0. The van der Waals surface area contributed by atoms with Crippen molar-refractivity contribution >= 4 is 17.6 Å². The number of aromatic nitrogens is 3. The van der Waals surface area contributed by atoms with Crippen molar-refractivity contribution in [1.82, 2.24) is 14.6 Å². The Hall–Kier alpha value is -2.89. The van der Waals surface area contributed by atoms with E-state index in [2.05, 4.69) is 10.1 Å². The molecule has 2 N–H and O–H groups in total. The number of nitrogen functional groups attached to an aromatic ring is 1. The van der Waals surface area contributed by atoms with Gasteiger partial charge in [0.1, 0.15) is 0 Å². The van der Waals surface area contributed by atoms with Gasteiger partial charge in [-0.25, -0.2) is 9.31 Å². The van der Waals surface area contributed by atoms with Gasteiger partial charge in [-0.1, -0.05) is 12.1 Å². The molecule has 1 aromatic carbocycles. The van der Waals surface area contributed by atoms with E-state index >= 15 is 0 Å². The number of methoxy groups -OCH3 is 1. The van der Waals surface area contributed by atoms with Crippen molar-refractivity contribution in [2.24, 2.45) is 0 Å². The number of nitrogens with zero attached hydrogens (tertiary/aromatic N) is 3. The van der Waals surface area contributed by atoms with E-state index in [1.165, 1.54) is 7.11 Å². The summed E-state index contributed by atoms with van der Waals surface area (Å²) in [6, 6.07) is 11.0. The van der Waals surface area contributed by atoms with E-state index in [1.807, 2.05) is 31.2 Å². The number of rotatable bonds is 2. The summed E-state index contributed by atoms with van der Waals surface area (Å²) in [5.41, 5.74) is 9.59. The van der Waals surface area contributed by atoms with Gasteiger partial charge in [0.05, 0.1) is 12.7 Å². The second-order valence-electron chi connectivity index (χ2n) is 4.64. The number of hydrogen-bond donors (Lipinski definition) is 1. The van der Waals surface area contributed by atoms with Crippen LogP contribution in [0.4, 0.5) is 5.95 Å². The van der Waals surface area contributed by atoms with Crippen molar-refractivity contribution < 1.29 is 9.53 Å². The fourth-order valence-corrected chi connectivity index (χ4v) is 2.32. The number of carbonyl (C=O) groups is 1. The molecular weight excluding hydrogens is 268 g/mol. The summed E-state index contributed by atoms with van der Waals surface area (Å²) < 4.78 is 6.44. The zero-order valence-corrected chi connectivity index (χ0v) is 11.7. The Bertz CT molecular complexity index is 839. The lowest BCUT2D eigenvalue weighted by Crippen LogP contribution is -2.02. The number of pyridine rings is 1. The Balaban J connectivity index is 2.16. The lowest BCUT2D eigenvalue weighted by atomic mass is 10.0. The van der Waals surface area contributed by atoms with E-state index < -0.39 is 0 Å². The van der Waals surface area contributed by atoms with Crippen LogP contribution in [0.25, 0.3) is 16.8 Å². The van der Waals surface area contributed by atoms with E-state index in [0.29, 0.717) is 11.2 Å². The molecule has 0 amide bonds. The summed E-state index contributed by atoms with van der Waals surface area (Å²) in [5, 5.41) is 4.16. The average Bonchev–Trinajstić information content (AvgIpc) is 2.88. The SMILES string of the molecule is COC(=O)c1cccc(-c2ccc3nc(N)nn3c2C)c1. The standard InChI is InChI=1S/C15H14N4O2/c1-9-12(6-7-13-17-15(16)18-19(9)13)10-4-3-5-11(8-10)14(20)21-2/h3-8H,1-2H3,(H2,16,18). The van der Waals surface area contributed by atoms with Gasteiger partial charge in [0.15, 0.2) is 5.65 Å². The fourth-order valence-electron chi connectivity index (χ4n) is 2.32. The molecule has 0 aliphatic rings. The molecule has 0 fully saturated rings. The lowest BCUT2D eigenvalue weighted by Gasteiger charge is -2.08. The van der Waals surface area contributed by atoms with Crippen LogP contribution < -0.4 is 5.73 Å². The largest absolute Gasteiger partial charge is 0.465 e. The topological polar surface area (TPSA) is 82.5 Å². The minimum absolute atomic E-state index is 0.235. The molecule has 6 heteroatoms. The molecule has 0 aliphatic heterocycles. The van der Waals surface area contributed by atoms with Crippen LogP contribution in [0.2, 0.25) is 0 Å². The number of anilines is 1. The third-order valence-corrected chi connectivity index (χ3v) is 3.35. The second kappa shape index (κ2) is 4.90. The first-order valence-corrected chi connectivity index (χ1v) is 6.41. The number of nitrogens with two attached hydrogens (primary N) is 1. The summed E-state index contributed by atoms with van der Waals surface area (Å²) in [4.78, 5) is 15.8. The van der Waals surface area contributed by atoms with Crippen LogP contribution in [-0.4, -0.2) is 27.7 Å². The monoisotopic (exact) mass is 282 g/mol. The number of aryl methyl sites for hydroxylation is 1. The molecular formula is C15H14N4O2. The molecule has 6 nitrogen and oxygen atoms in total. The van der Waals surface area contributed by atoms with Crippen LogP contribution in [0.3, 0.4) is 0 Å². The van der Waals surface area contributed by atoms with E-state index in [1.54, 1.807) is 16.6 Å². The Morgan fingerprint density at radius 3 is 2.86 bits per heavy atom. The number of benzene rings is 1. The van der Waals surface area contributed by atoms with Gasteiger partial charge in [0.2, 0.25) is 5.95 Å². The van der Waals surface area contributed by atoms with Gasteiger partial charge in [0, 0.05) is 11.3 Å². The third-order valence-electron chi connectivity index (χ3n) is 3.35. The van der Waals surface area contributed by atoms with Gasteiger partial charge in [-0.3, -0.25) is 0 Å². The molecule has 21 heavy (non-hydrogen) atoms. The fraction of sp³-hybridized carbons (Fsp3) is 0.133. The molecule has 2 heterocycles. The van der Waals surface area contributed by atoms with Crippen molar-refractivity contribution in [2.75, 3.05) is 12.8 Å². The molecule has 0 radical (unpaired) electrons. The van der Waals surface area contributed by atoms with Crippen molar-refractivity contribution in [2.45, 2.75) is 6.92 Å². The molecule has 0 saturated carbocycles. The minimum Gasteiger partial charge on any atom is -0.465 e. The predicted molar refractivity (Wildman–Crippen MR) is 78.9 cm³/mol. The Kier molecular flexibility index (Phi) is 3.06. The summed E-state index contributed by atoms with van der Waals surface area (Å²) in [6.45, 7) is 1.93. The van der Waals surface area contributed by atoms with Gasteiger partial charge in [0.25, 0.3) is 0 Å². The quantitative estimate of drug-likeness (QED) is 0.727. The van der Waals surface area contributed by atoms with Crippen molar-refractivity contribution in [1.29, 1.82) is 0 Å². The summed E-state index contributed by atoms with van der Waals surface area (Å²) in [6.07, 6.45) is 0. The highest BCUT2D eigenvalue weighted by atomic mass is 16.5. The molecule has 106 valence electrons. The van der Waals surface area contributed by atoms with Crippen molar-refractivity contribution in [3.8, 4) is 11.1 Å². The van der Waals surface area contributed by atoms with Crippen LogP contribution in [0, 0.1) is 6.92 Å². The molecule has 0 unspecified atom stereocenters. The summed E-state index contributed by atoms with van der Waals surface area (Å²) >= 11 is 0. The van der Waals surface area contributed by atoms with Gasteiger partial charge >= 0.3 is 5.97 Å². The zero-order valence-electron chi connectivity index (χ0n) is 11.7. The highest BCUT2D eigenvalue weighted by Gasteiger charge is 2.11. The third kappa shape index (κ3) is 2.20. The van der Waals surface area contributed by atoms with Crippen LogP contribution in [-0.2, 0) is 4.74 Å². The molecule has 0 bridgehead atoms. The Morgan fingerprint density at radius 1 is 1.29 bits per heavy atom. The van der Waals surface area contributed by atoms with Gasteiger partial charge < -0.3 is 10.5 Å². The van der Waals surface area contributed by atoms with Crippen molar-refractivity contribution in [3.63, 3.8) is 0 Å². The first kappa shape index (κ1) is 13.1. The Labute approximate surface area is 121 Å². The molecule has 0 aliphatic carbocycles. The number of esters is 1. The van der Waals surface area contributed by atoms with Crippen LogP contribution in [0.1, 0.15) is 16.1 Å². The van der Waals surface area contributed by atoms with E-state index in [0.717, 1.165) is 16.8 Å². The van der Waals surface area contributed by atoms with Crippen LogP contribution in [0.15, 0.2) is 36.4 Å². The maximum absolute atomic E-state index is 11.6.